The van der Waals surface area contributed by atoms with Crippen molar-refractivity contribution >= 4 is 11.3 Å². The third kappa shape index (κ3) is 3.63. The number of rotatable bonds is 7. The zero-order valence-electron chi connectivity index (χ0n) is 13.6. The van der Waals surface area contributed by atoms with Gasteiger partial charge in [-0.15, -0.1) is 11.3 Å². The molecule has 1 saturated heterocycles. The van der Waals surface area contributed by atoms with Crippen molar-refractivity contribution in [3.63, 3.8) is 0 Å². The third-order valence-electron chi connectivity index (χ3n) is 5.03. The first-order valence-corrected chi connectivity index (χ1v) is 8.95. The lowest BCUT2D eigenvalue weighted by Gasteiger charge is -2.26. The van der Waals surface area contributed by atoms with Crippen molar-refractivity contribution in [2.45, 2.75) is 60.0 Å². The second kappa shape index (κ2) is 7.06. The first-order chi connectivity index (χ1) is 9.62. The standard InChI is InChI=1S/C17H30N2S/c1-5-17(6-2)8-9-19(13-17)12-15-10-16(11-18-7-3)20-14(15)4/h10,18H,5-9,11-13H2,1-4H3. The lowest BCUT2D eigenvalue weighted by molar-refractivity contribution is 0.236. The van der Waals surface area contributed by atoms with E-state index in [-0.39, 0.29) is 0 Å². The van der Waals surface area contributed by atoms with E-state index >= 15 is 0 Å². The van der Waals surface area contributed by atoms with Crippen LogP contribution in [0.4, 0.5) is 0 Å². The van der Waals surface area contributed by atoms with Crippen LogP contribution in [0.1, 0.15) is 55.4 Å². The lowest BCUT2D eigenvalue weighted by atomic mass is 9.82. The van der Waals surface area contributed by atoms with E-state index in [1.165, 1.54) is 42.1 Å². The molecule has 0 saturated carbocycles. The summed E-state index contributed by atoms with van der Waals surface area (Å²) in [6.45, 7) is 14.9. The van der Waals surface area contributed by atoms with Crippen molar-refractivity contribution in [3.05, 3.63) is 21.4 Å². The molecule has 0 bridgehead atoms. The number of hydrogen-bond donors (Lipinski definition) is 1. The van der Waals surface area contributed by atoms with Gasteiger partial charge in [0.1, 0.15) is 0 Å². The molecule has 1 fully saturated rings. The smallest absolute Gasteiger partial charge is 0.0299 e. The molecule has 114 valence electrons. The van der Waals surface area contributed by atoms with Gasteiger partial charge in [0.05, 0.1) is 0 Å². The SMILES string of the molecule is CCNCc1cc(CN2CCC(CC)(CC)C2)c(C)s1. The van der Waals surface area contributed by atoms with Crippen molar-refractivity contribution < 1.29 is 0 Å². The Morgan fingerprint density at radius 3 is 2.65 bits per heavy atom. The summed E-state index contributed by atoms with van der Waals surface area (Å²) in [5.74, 6) is 0. The van der Waals surface area contributed by atoms with E-state index in [0.29, 0.717) is 5.41 Å². The van der Waals surface area contributed by atoms with Crippen LogP contribution in [0.5, 0.6) is 0 Å². The maximum absolute atomic E-state index is 3.43. The Morgan fingerprint density at radius 1 is 1.30 bits per heavy atom. The molecule has 1 aromatic heterocycles. The van der Waals surface area contributed by atoms with E-state index in [2.05, 4.69) is 44.0 Å². The van der Waals surface area contributed by atoms with E-state index in [1.54, 1.807) is 5.56 Å². The second-order valence-corrected chi connectivity index (χ2v) is 7.58. The van der Waals surface area contributed by atoms with Crippen LogP contribution in [0.2, 0.25) is 0 Å². The highest BCUT2D eigenvalue weighted by atomic mass is 32.1. The van der Waals surface area contributed by atoms with Crippen LogP contribution in [0.25, 0.3) is 0 Å². The number of aryl methyl sites for hydroxylation is 1. The molecule has 1 aliphatic rings. The van der Waals surface area contributed by atoms with E-state index in [9.17, 15) is 0 Å². The van der Waals surface area contributed by atoms with Gasteiger partial charge in [-0.2, -0.15) is 0 Å². The van der Waals surface area contributed by atoms with E-state index in [0.717, 1.165) is 19.6 Å². The predicted molar refractivity (Wildman–Crippen MR) is 89.3 cm³/mol. The summed E-state index contributed by atoms with van der Waals surface area (Å²) >= 11 is 1.96. The molecule has 0 aromatic carbocycles. The van der Waals surface area contributed by atoms with Crippen LogP contribution in [0.15, 0.2) is 6.07 Å². The highest BCUT2D eigenvalue weighted by Crippen LogP contribution is 2.38. The predicted octanol–water partition coefficient (Wildman–Crippen LogP) is 4.18. The zero-order chi connectivity index (χ0) is 14.6. The number of thiophene rings is 1. The van der Waals surface area contributed by atoms with Gasteiger partial charge in [0.25, 0.3) is 0 Å². The zero-order valence-corrected chi connectivity index (χ0v) is 14.4. The molecule has 0 radical (unpaired) electrons. The summed E-state index contributed by atoms with van der Waals surface area (Å²) in [7, 11) is 0. The summed E-state index contributed by atoms with van der Waals surface area (Å²) in [5.41, 5.74) is 2.14. The van der Waals surface area contributed by atoms with E-state index < -0.39 is 0 Å². The largest absolute Gasteiger partial charge is 0.312 e. The number of hydrogen-bond acceptors (Lipinski definition) is 3. The van der Waals surface area contributed by atoms with Gasteiger partial charge in [-0.25, -0.2) is 0 Å². The minimum Gasteiger partial charge on any atom is -0.312 e. The molecule has 0 amide bonds. The first-order valence-electron chi connectivity index (χ1n) is 8.13. The molecule has 20 heavy (non-hydrogen) atoms. The summed E-state index contributed by atoms with van der Waals surface area (Å²) in [5, 5.41) is 3.43. The monoisotopic (exact) mass is 294 g/mol. The summed E-state index contributed by atoms with van der Waals surface area (Å²) < 4.78 is 0. The summed E-state index contributed by atoms with van der Waals surface area (Å²) in [6.07, 6.45) is 4.04. The summed E-state index contributed by atoms with van der Waals surface area (Å²) in [6, 6.07) is 2.42. The van der Waals surface area contributed by atoms with Gasteiger partial charge in [0.15, 0.2) is 0 Å². The van der Waals surface area contributed by atoms with Crippen LogP contribution in [-0.4, -0.2) is 24.5 Å². The normalized spacial score (nSPS) is 18.8. The van der Waals surface area contributed by atoms with E-state index in [4.69, 9.17) is 0 Å². The van der Waals surface area contributed by atoms with Crippen LogP contribution < -0.4 is 5.32 Å². The molecule has 1 N–H and O–H groups in total. The highest BCUT2D eigenvalue weighted by molar-refractivity contribution is 7.12. The Hall–Kier alpha value is -0.380. The second-order valence-electron chi connectivity index (χ2n) is 6.24. The minimum atomic E-state index is 0.594. The van der Waals surface area contributed by atoms with Crippen LogP contribution in [0.3, 0.4) is 0 Å². The number of nitrogens with one attached hydrogen (secondary N) is 1. The molecule has 1 aromatic rings. The molecule has 0 spiro atoms. The average Bonchev–Trinajstić information content (AvgIpc) is 3.02. The van der Waals surface area contributed by atoms with Gasteiger partial charge in [0.2, 0.25) is 0 Å². The van der Waals surface area contributed by atoms with Crippen molar-refractivity contribution in [2.75, 3.05) is 19.6 Å². The van der Waals surface area contributed by atoms with Crippen molar-refractivity contribution in [1.29, 1.82) is 0 Å². The molecular weight excluding hydrogens is 264 g/mol. The molecule has 2 nitrogen and oxygen atoms in total. The molecule has 2 heterocycles. The Morgan fingerprint density at radius 2 is 2.05 bits per heavy atom. The fourth-order valence-corrected chi connectivity index (χ4v) is 4.33. The molecule has 1 aliphatic heterocycles. The highest BCUT2D eigenvalue weighted by Gasteiger charge is 2.34. The van der Waals surface area contributed by atoms with Crippen LogP contribution in [-0.2, 0) is 13.1 Å². The van der Waals surface area contributed by atoms with Crippen molar-refractivity contribution in [2.24, 2.45) is 5.41 Å². The Labute approximate surface area is 128 Å². The van der Waals surface area contributed by atoms with Gasteiger partial charge in [-0.1, -0.05) is 20.8 Å². The molecule has 3 heteroatoms. The lowest BCUT2D eigenvalue weighted by Crippen LogP contribution is -2.26. The Bertz CT molecular complexity index is 421. The Balaban J connectivity index is 1.95. The molecule has 0 aliphatic carbocycles. The molecule has 0 atom stereocenters. The number of nitrogens with zero attached hydrogens (tertiary/aromatic N) is 1. The van der Waals surface area contributed by atoms with Gasteiger partial charge in [-0.3, -0.25) is 4.90 Å². The van der Waals surface area contributed by atoms with Gasteiger partial charge in [0, 0.05) is 29.4 Å². The number of likely N-dealkylation sites (tertiary alicyclic amines) is 1. The molecule has 2 rings (SSSR count). The average molecular weight is 295 g/mol. The first kappa shape index (κ1) is 16.0. The van der Waals surface area contributed by atoms with Gasteiger partial charge in [-0.05, 0) is 56.3 Å². The van der Waals surface area contributed by atoms with E-state index in [1.807, 2.05) is 11.3 Å². The minimum absolute atomic E-state index is 0.594. The maximum Gasteiger partial charge on any atom is 0.0299 e. The topological polar surface area (TPSA) is 15.3 Å². The van der Waals surface area contributed by atoms with Gasteiger partial charge >= 0.3 is 0 Å². The fourth-order valence-electron chi connectivity index (χ4n) is 3.31. The quantitative estimate of drug-likeness (QED) is 0.811. The van der Waals surface area contributed by atoms with Crippen LogP contribution in [0, 0.1) is 12.3 Å². The van der Waals surface area contributed by atoms with Crippen molar-refractivity contribution in [3.8, 4) is 0 Å². The Kier molecular flexibility index (Phi) is 5.65. The summed E-state index contributed by atoms with van der Waals surface area (Å²) in [4.78, 5) is 5.65. The maximum atomic E-state index is 3.43. The molecule has 0 unspecified atom stereocenters. The van der Waals surface area contributed by atoms with Crippen molar-refractivity contribution in [1.82, 2.24) is 10.2 Å². The van der Waals surface area contributed by atoms with Crippen LogP contribution >= 0.6 is 11.3 Å². The fraction of sp³-hybridized carbons (Fsp3) is 0.765. The third-order valence-corrected chi connectivity index (χ3v) is 6.12. The molecular formula is C17H30N2S. The van der Waals surface area contributed by atoms with Gasteiger partial charge < -0.3 is 5.32 Å².